The maximum atomic E-state index is 6.83. The van der Waals surface area contributed by atoms with Crippen LogP contribution < -0.4 is 21.1 Å². The number of hydrogen-bond donors (Lipinski definition) is 3. The van der Waals surface area contributed by atoms with Crippen LogP contribution in [0.2, 0.25) is 0 Å². The lowest BCUT2D eigenvalue weighted by molar-refractivity contribution is 0.312. The Balaban J connectivity index is 1.68. The minimum absolute atomic E-state index is 0.127. The van der Waals surface area contributed by atoms with E-state index in [1.54, 1.807) is 7.11 Å². The average molecular weight is 455 g/mol. The Morgan fingerprint density at radius 3 is 2.66 bits per heavy atom. The molecule has 2 aromatic carbocycles. The third kappa shape index (κ3) is 4.20. The second-order valence-electron chi connectivity index (χ2n) is 9.50. The van der Waals surface area contributed by atoms with Gasteiger partial charge in [0.15, 0.2) is 10.8 Å². The molecule has 4 rings (SSSR count). The monoisotopic (exact) mass is 454 g/mol. The summed E-state index contributed by atoms with van der Waals surface area (Å²) >= 11 is 6.52. The van der Waals surface area contributed by atoms with Crippen molar-refractivity contribution in [1.82, 2.24) is 10.2 Å². The van der Waals surface area contributed by atoms with E-state index < -0.39 is 5.66 Å². The molecule has 0 radical (unpaired) electrons. The summed E-state index contributed by atoms with van der Waals surface area (Å²) in [7, 11) is 3.79. The summed E-state index contributed by atoms with van der Waals surface area (Å²) in [5.74, 6) is 1.15. The smallest absolute Gasteiger partial charge is 0.223 e. The van der Waals surface area contributed by atoms with Crippen molar-refractivity contribution in [1.29, 1.82) is 0 Å². The third-order valence-corrected chi connectivity index (χ3v) is 6.39. The molecule has 1 atom stereocenters. The van der Waals surface area contributed by atoms with Crippen LogP contribution in [0.4, 0.5) is 5.69 Å². The van der Waals surface area contributed by atoms with Gasteiger partial charge in [-0.25, -0.2) is 0 Å². The first-order valence-electron chi connectivity index (χ1n) is 10.8. The van der Waals surface area contributed by atoms with Crippen LogP contribution in [0, 0.1) is 0 Å². The van der Waals surface area contributed by atoms with E-state index in [1.165, 1.54) is 11.1 Å². The van der Waals surface area contributed by atoms with Gasteiger partial charge in [0.05, 0.1) is 12.8 Å². The lowest BCUT2D eigenvalue weighted by Gasteiger charge is -2.37. The highest BCUT2D eigenvalue weighted by Gasteiger charge is 2.40. The molecular weight excluding hydrogens is 424 g/mol. The van der Waals surface area contributed by atoms with Crippen molar-refractivity contribution in [3.05, 3.63) is 58.7 Å². The van der Waals surface area contributed by atoms with Crippen LogP contribution in [0.25, 0.3) is 0 Å². The first-order chi connectivity index (χ1) is 15.1. The van der Waals surface area contributed by atoms with Gasteiger partial charge in [0.2, 0.25) is 5.96 Å². The number of halogens is 1. The van der Waals surface area contributed by atoms with Gasteiger partial charge in [-0.2, -0.15) is 0 Å². The second-order valence-corrected chi connectivity index (χ2v) is 9.86. The SMILES string of the molecule is COc1cc2c(cc1NC1=NN=C(Cl)C(N)(c3ccccc3C(C)(C)C)N1)CN(C)CC2. The zero-order chi connectivity index (χ0) is 23.1. The number of likely N-dealkylation sites (N-methyl/N-ethyl adjacent to an activating group) is 1. The van der Waals surface area contributed by atoms with E-state index in [2.05, 4.69) is 71.8 Å². The summed E-state index contributed by atoms with van der Waals surface area (Å²) in [6.45, 7) is 8.35. The Morgan fingerprint density at radius 1 is 1.19 bits per heavy atom. The number of guanidine groups is 1. The van der Waals surface area contributed by atoms with Crippen LogP contribution in [0.15, 0.2) is 46.6 Å². The minimum atomic E-state index is -1.21. The summed E-state index contributed by atoms with van der Waals surface area (Å²) < 4.78 is 5.65. The van der Waals surface area contributed by atoms with Gasteiger partial charge in [-0.15, -0.1) is 10.2 Å². The van der Waals surface area contributed by atoms with E-state index in [1.807, 2.05) is 18.2 Å². The molecule has 2 aliphatic heterocycles. The Kier molecular flexibility index (Phi) is 5.92. The highest BCUT2D eigenvalue weighted by Crippen LogP contribution is 2.34. The zero-order valence-electron chi connectivity index (χ0n) is 19.3. The molecule has 0 saturated carbocycles. The summed E-state index contributed by atoms with van der Waals surface area (Å²) in [5.41, 5.74) is 10.8. The molecule has 0 amide bonds. The van der Waals surface area contributed by atoms with Crippen molar-refractivity contribution in [2.24, 2.45) is 15.9 Å². The van der Waals surface area contributed by atoms with Crippen molar-refractivity contribution < 1.29 is 4.74 Å². The fraction of sp³-hybridized carbons (Fsp3) is 0.417. The standard InChI is InChI=1S/C24H31ClN6O/c1-23(2,3)17-8-6-7-9-18(17)24(26)21(25)29-30-22(28-24)27-19-12-16-14-31(4)11-10-15(16)13-20(19)32-5/h6-9,12-13H,10-11,14,26H2,1-5H3,(H2,27,28,30). The Morgan fingerprint density at radius 2 is 1.94 bits per heavy atom. The summed E-state index contributed by atoms with van der Waals surface area (Å²) in [4.78, 5) is 2.30. The zero-order valence-corrected chi connectivity index (χ0v) is 20.0. The maximum absolute atomic E-state index is 6.83. The molecule has 4 N–H and O–H groups in total. The summed E-state index contributed by atoms with van der Waals surface area (Å²) in [6, 6.07) is 12.2. The number of hydrogen-bond acceptors (Lipinski definition) is 7. The highest BCUT2D eigenvalue weighted by molar-refractivity contribution is 6.67. The van der Waals surface area contributed by atoms with Gasteiger partial charge in [0.25, 0.3) is 0 Å². The number of nitrogens with zero attached hydrogens (tertiary/aromatic N) is 3. The van der Waals surface area contributed by atoms with E-state index in [0.717, 1.165) is 42.1 Å². The predicted molar refractivity (Wildman–Crippen MR) is 132 cm³/mol. The first kappa shape index (κ1) is 22.6. The summed E-state index contributed by atoms with van der Waals surface area (Å²) in [6.07, 6.45) is 0.997. The van der Waals surface area contributed by atoms with Gasteiger partial charge in [-0.05, 0) is 47.7 Å². The number of nitrogens with one attached hydrogen (secondary N) is 2. The Hall–Kier alpha value is -2.61. The van der Waals surface area contributed by atoms with Gasteiger partial charge < -0.3 is 20.3 Å². The van der Waals surface area contributed by atoms with E-state index in [0.29, 0.717) is 5.96 Å². The normalized spacial score (nSPS) is 21.2. The largest absolute Gasteiger partial charge is 0.495 e. The van der Waals surface area contributed by atoms with Crippen LogP contribution in [0.3, 0.4) is 0 Å². The van der Waals surface area contributed by atoms with Gasteiger partial charge in [-0.3, -0.25) is 5.73 Å². The van der Waals surface area contributed by atoms with Crippen molar-refractivity contribution in [3.63, 3.8) is 0 Å². The number of rotatable bonds is 3. The number of fused-ring (bicyclic) bond motifs is 1. The predicted octanol–water partition coefficient (Wildman–Crippen LogP) is 3.72. The molecule has 32 heavy (non-hydrogen) atoms. The molecule has 0 bridgehead atoms. The molecular formula is C24H31ClN6O. The Bertz CT molecular complexity index is 1090. The molecule has 170 valence electrons. The minimum Gasteiger partial charge on any atom is -0.495 e. The Labute approximate surface area is 194 Å². The van der Waals surface area contributed by atoms with Gasteiger partial charge in [0.1, 0.15) is 5.75 Å². The fourth-order valence-electron chi connectivity index (χ4n) is 4.27. The molecule has 8 heteroatoms. The lowest BCUT2D eigenvalue weighted by Crippen LogP contribution is -2.60. The number of nitrogens with two attached hydrogens (primary N) is 1. The van der Waals surface area contributed by atoms with Crippen molar-refractivity contribution in [2.75, 3.05) is 26.0 Å². The van der Waals surface area contributed by atoms with E-state index in [9.17, 15) is 0 Å². The van der Waals surface area contributed by atoms with E-state index >= 15 is 0 Å². The molecule has 7 nitrogen and oxygen atoms in total. The molecule has 2 aliphatic rings. The number of anilines is 1. The van der Waals surface area contributed by atoms with Crippen LogP contribution in [-0.2, 0) is 24.0 Å². The number of ether oxygens (including phenoxy) is 1. The van der Waals surface area contributed by atoms with E-state index in [4.69, 9.17) is 22.1 Å². The second kappa shape index (κ2) is 8.39. The van der Waals surface area contributed by atoms with Crippen molar-refractivity contribution in [3.8, 4) is 5.75 Å². The van der Waals surface area contributed by atoms with Crippen LogP contribution in [-0.4, -0.2) is 36.7 Å². The van der Waals surface area contributed by atoms with E-state index in [-0.39, 0.29) is 10.6 Å². The number of benzene rings is 2. The van der Waals surface area contributed by atoms with Crippen LogP contribution in [0.5, 0.6) is 5.75 Å². The quantitative estimate of drug-likeness (QED) is 0.658. The number of methoxy groups -OCH3 is 1. The summed E-state index contributed by atoms with van der Waals surface area (Å²) in [5, 5.41) is 15.2. The van der Waals surface area contributed by atoms with Crippen molar-refractivity contribution in [2.45, 2.75) is 44.8 Å². The lowest BCUT2D eigenvalue weighted by atomic mass is 9.80. The molecule has 2 heterocycles. The molecule has 0 aromatic heterocycles. The molecule has 2 aromatic rings. The van der Waals surface area contributed by atoms with Gasteiger partial charge in [-0.1, -0.05) is 56.6 Å². The molecule has 1 unspecified atom stereocenters. The molecule has 0 saturated heterocycles. The van der Waals surface area contributed by atoms with Gasteiger partial charge in [0, 0.05) is 18.7 Å². The van der Waals surface area contributed by atoms with Crippen LogP contribution >= 0.6 is 11.6 Å². The van der Waals surface area contributed by atoms with Gasteiger partial charge >= 0.3 is 0 Å². The maximum Gasteiger partial charge on any atom is 0.223 e. The topological polar surface area (TPSA) is 87.3 Å². The third-order valence-electron chi connectivity index (χ3n) is 6.02. The van der Waals surface area contributed by atoms with Crippen molar-refractivity contribution >= 4 is 28.4 Å². The fourth-order valence-corrected chi connectivity index (χ4v) is 4.46. The average Bonchev–Trinajstić information content (AvgIpc) is 2.75. The molecule has 0 spiro atoms. The highest BCUT2D eigenvalue weighted by atomic mass is 35.5. The first-order valence-corrected chi connectivity index (χ1v) is 11.1. The molecule has 0 fully saturated rings. The van der Waals surface area contributed by atoms with Crippen LogP contribution in [0.1, 0.15) is 43.0 Å². The molecule has 0 aliphatic carbocycles.